The maximum atomic E-state index is 3.34. The summed E-state index contributed by atoms with van der Waals surface area (Å²) in [6, 6.07) is 39.0. The third kappa shape index (κ3) is 9.27. The molecule has 0 radical (unpaired) electrons. The normalized spacial score (nSPS) is 10.4. The van der Waals surface area contributed by atoms with Crippen molar-refractivity contribution in [3.05, 3.63) is 139 Å². The Morgan fingerprint density at radius 1 is 0.743 bits per heavy atom. The average molecular weight is 576 g/mol. The van der Waals surface area contributed by atoms with Crippen LogP contribution in [-0.4, -0.2) is 4.21 Å². The largest absolute Gasteiger partial charge is 0.126 e. The minimum absolute atomic E-state index is 0. The van der Waals surface area contributed by atoms with E-state index in [1.165, 1.54) is 56.9 Å². The number of halogens is 2. The third-order valence-electron chi connectivity index (χ3n) is 5.18. The predicted octanol–water partition coefficient (Wildman–Crippen LogP) is 9.29. The Labute approximate surface area is 236 Å². The maximum Gasteiger partial charge on any atom is -0.0771 e. The van der Waals surface area contributed by atoms with E-state index in [2.05, 4.69) is 114 Å². The van der Waals surface area contributed by atoms with Gasteiger partial charge in [0, 0.05) is 0 Å². The van der Waals surface area contributed by atoms with Crippen molar-refractivity contribution in [1.29, 1.82) is 0 Å². The third-order valence-corrected chi connectivity index (χ3v) is 5.18. The van der Waals surface area contributed by atoms with E-state index in [9.17, 15) is 0 Å². The molecule has 0 aromatic heterocycles. The van der Waals surface area contributed by atoms with E-state index in [4.69, 9.17) is 0 Å². The van der Waals surface area contributed by atoms with Crippen LogP contribution >= 0.6 is 24.8 Å². The van der Waals surface area contributed by atoms with Gasteiger partial charge in [0.2, 0.25) is 0 Å². The Morgan fingerprint density at radius 3 is 1.77 bits per heavy atom. The van der Waals surface area contributed by atoms with Gasteiger partial charge in [0.1, 0.15) is 0 Å². The van der Waals surface area contributed by atoms with Crippen LogP contribution < -0.4 is 0 Å². The molecule has 1 aliphatic carbocycles. The number of benzene rings is 4. The first kappa shape index (κ1) is 30.6. The summed E-state index contributed by atoms with van der Waals surface area (Å²) in [5.41, 5.74) is 3.67. The Balaban J connectivity index is 0.000000265. The van der Waals surface area contributed by atoms with Crippen molar-refractivity contribution >= 4 is 50.6 Å². The van der Waals surface area contributed by atoms with Gasteiger partial charge in [-0.3, -0.25) is 6.08 Å². The Bertz CT molecular complexity index is 1260. The monoisotopic (exact) mass is 573 g/mol. The van der Waals surface area contributed by atoms with Gasteiger partial charge < -0.3 is 0 Å². The van der Waals surface area contributed by atoms with Gasteiger partial charge in [0.25, 0.3) is 0 Å². The molecule has 0 amide bonds. The first-order valence-electron chi connectivity index (χ1n) is 11.0. The van der Waals surface area contributed by atoms with Gasteiger partial charge in [-0.25, -0.2) is 12.2 Å². The van der Waals surface area contributed by atoms with E-state index in [0.29, 0.717) is 0 Å². The molecule has 0 bridgehead atoms. The van der Waals surface area contributed by atoms with Crippen molar-refractivity contribution in [2.24, 2.45) is 0 Å². The number of fused-ring (bicyclic) bond motifs is 3. The molecule has 3 heteroatoms. The van der Waals surface area contributed by atoms with Crippen molar-refractivity contribution in [3.8, 4) is 11.1 Å². The molecule has 0 atom stereocenters. The number of hydrogen-bond donors (Lipinski definition) is 0. The summed E-state index contributed by atoms with van der Waals surface area (Å²) in [4.78, 5) is 0. The molecule has 35 heavy (non-hydrogen) atoms. The quantitative estimate of drug-likeness (QED) is 0.175. The van der Waals surface area contributed by atoms with Crippen molar-refractivity contribution in [1.82, 2.24) is 0 Å². The molecule has 0 heterocycles. The molecule has 1 aliphatic rings. The molecule has 0 fully saturated rings. The molecular formula is C32H29Cl2Zr-3. The van der Waals surface area contributed by atoms with Crippen LogP contribution in [0.4, 0.5) is 0 Å². The van der Waals surface area contributed by atoms with Gasteiger partial charge in [-0.05, 0) is 6.92 Å². The van der Waals surface area contributed by atoms with Crippen molar-refractivity contribution in [2.45, 2.75) is 13.3 Å². The number of aryl methyl sites for hydroxylation is 1. The molecule has 6 rings (SSSR count). The second-order valence-electron chi connectivity index (χ2n) is 7.46. The molecule has 5 aromatic rings. The number of hydrogen-bond acceptors (Lipinski definition) is 0. The van der Waals surface area contributed by atoms with Crippen LogP contribution in [0.5, 0.6) is 0 Å². The van der Waals surface area contributed by atoms with Crippen LogP contribution in [0.15, 0.2) is 121 Å². The van der Waals surface area contributed by atoms with Crippen LogP contribution in [0.3, 0.4) is 0 Å². The van der Waals surface area contributed by atoms with Crippen LogP contribution in [0.25, 0.3) is 32.7 Å². The molecule has 0 N–H and O–H groups in total. The summed E-state index contributed by atoms with van der Waals surface area (Å²) >= 11 is 1.30. The van der Waals surface area contributed by atoms with Crippen LogP contribution in [0.2, 0.25) is 0 Å². The van der Waals surface area contributed by atoms with Gasteiger partial charge in [0.05, 0.1) is 0 Å². The standard InChI is InChI=1S/C13H9.C13H11.C5H5.CH2.2ClH.Zr/c1-3-7-12-10(5-1)9-11-6-2-4-8-13(11)12;1-11-7-9-13(10-8-11)12-5-3-2-4-6-12;1-2-4-5-3-1;;;;/h1-9H;2-5,7-10H,1H3;1-3H,4H2;1H2;2*1H;/q3*-1;;;;. The second-order valence-corrected chi connectivity index (χ2v) is 7.46. The van der Waals surface area contributed by atoms with Gasteiger partial charge >= 0.3 is 28.4 Å². The average Bonchev–Trinajstić information content (AvgIpc) is 3.59. The fourth-order valence-corrected chi connectivity index (χ4v) is 3.55. The predicted molar refractivity (Wildman–Crippen MR) is 156 cm³/mol. The minimum Gasteiger partial charge on any atom is -0.126 e. The smallest absolute Gasteiger partial charge is 0.0771 e. The summed E-state index contributed by atoms with van der Waals surface area (Å²) in [7, 11) is 0. The summed E-state index contributed by atoms with van der Waals surface area (Å²) in [5.74, 6) is 0. The summed E-state index contributed by atoms with van der Waals surface area (Å²) < 4.78 is 3.34. The molecule has 0 saturated heterocycles. The Hall–Kier alpha value is -2.44. The van der Waals surface area contributed by atoms with E-state index < -0.39 is 0 Å². The van der Waals surface area contributed by atoms with Crippen molar-refractivity contribution in [2.75, 3.05) is 0 Å². The fourth-order valence-electron chi connectivity index (χ4n) is 3.55. The topological polar surface area (TPSA) is 0 Å². The van der Waals surface area contributed by atoms with Gasteiger partial charge in [-0.2, -0.15) is 6.08 Å². The molecule has 0 aliphatic heterocycles. The van der Waals surface area contributed by atoms with E-state index in [-0.39, 0.29) is 24.8 Å². The molecular weight excluding hydrogens is 546 g/mol. The van der Waals surface area contributed by atoms with Gasteiger partial charge in [0.15, 0.2) is 0 Å². The zero-order valence-corrected chi connectivity index (χ0v) is 23.9. The molecule has 0 spiro atoms. The van der Waals surface area contributed by atoms with Crippen LogP contribution in [-0.2, 0) is 24.2 Å². The first-order chi connectivity index (χ1) is 16.3. The number of rotatable bonds is 1. The second kappa shape index (κ2) is 17.1. The summed E-state index contributed by atoms with van der Waals surface area (Å²) in [5, 5.41) is 5.39. The summed E-state index contributed by atoms with van der Waals surface area (Å²) in [6.45, 7) is 2.10. The fraction of sp³-hybridized carbons (Fsp3) is 0.0625. The van der Waals surface area contributed by atoms with Crippen molar-refractivity contribution < 1.29 is 24.2 Å². The minimum atomic E-state index is 0. The zero-order valence-electron chi connectivity index (χ0n) is 19.8. The molecule has 178 valence electrons. The molecule has 0 unspecified atom stereocenters. The van der Waals surface area contributed by atoms with E-state index >= 15 is 0 Å². The number of allylic oxidation sites excluding steroid dienone is 4. The van der Waals surface area contributed by atoms with Gasteiger partial charge in [-0.1, -0.05) is 71.8 Å². The summed E-state index contributed by atoms with van der Waals surface area (Å²) in [6.07, 6.45) is 10.0. The van der Waals surface area contributed by atoms with Gasteiger partial charge in [-0.15, -0.1) is 107 Å². The maximum absolute atomic E-state index is 3.34. The van der Waals surface area contributed by atoms with E-state index in [0.717, 1.165) is 12.0 Å². The van der Waals surface area contributed by atoms with E-state index in [1.54, 1.807) is 0 Å². The molecule has 0 saturated carbocycles. The first-order valence-corrected chi connectivity index (χ1v) is 12.7. The molecule has 0 nitrogen and oxygen atoms in total. The van der Waals surface area contributed by atoms with E-state index in [1.807, 2.05) is 30.4 Å². The van der Waals surface area contributed by atoms with Crippen molar-refractivity contribution in [3.63, 3.8) is 0 Å². The zero-order chi connectivity index (χ0) is 23.3. The SMILES string of the molecule is Cc1ccc(-c2[c-]cccc2)cc1.Cl.Cl.[C-]1=CC=CC1.[CH2]=[Zr].c1ccc2c(c1)[cH-]c1ccccc12. The van der Waals surface area contributed by atoms with Crippen LogP contribution in [0, 0.1) is 19.1 Å². The van der Waals surface area contributed by atoms with Crippen LogP contribution in [0.1, 0.15) is 12.0 Å². The molecule has 5 aromatic carbocycles. The Morgan fingerprint density at radius 2 is 1.31 bits per heavy atom. The Kier molecular flexibility index (Phi) is 14.9.